The molecule has 2 aromatic rings. The van der Waals surface area contributed by atoms with E-state index in [1.807, 2.05) is 38.1 Å². The number of ether oxygens (including phenoxy) is 1. The highest BCUT2D eigenvalue weighted by atomic mass is 79.9. The number of nitrogens with one attached hydrogen (secondary N) is 1. The van der Waals surface area contributed by atoms with Gasteiger partial charge in [-0.05, 0) is 50.5 Å². The zero-order valence-corrected chi connectivity index (χ0v) is 17.5. The minimum atomic E-state index is -0.0616. The first kappa shape index (κ1) is 19.9. The molecule has 0 aromatic heterocycles. The molecule has 0 unspecified atom stereocenters. The van der Waals surface area contributed by atoms with E-state index in [4.69, 9.17) is 4.74 Å². The fourth-order valence-electron chi connectivity index (χ4n) is 3.38. The maximum atomic E-state index is 12.8. The molecule has 0 atom stereocenters. The molecule has 1 fully saturated rings. The van der Waals surface area contributed by atoms with E-state index in [0.29, 0.717) is 11.3 Å². The molecule has 1 heterocycles. The summed E-state index contributed by atoms with van der Waals surface area (Å²) in [5, 5.41) is 3.19. The smallest absolute Gasteiger partial charge is 0.255 e. The quantitative estimate of drug-likeness (QED) is 0.725. The summed E-state index contributed by atoms with van der Waals surface area (Å²) in [5.41, 5.74) is 1.93. The van der Waals surface area contributed by atoms with Crippen LogP contribution in [0.2, 0.25) is 0 Å². The third kappa shape index (κ3) is 5.81. The molecule has 1 aliphatic rings. The maximum Gasteiger partial charge on any atom is 0.255 e. The number of amides is 1. The summed E-state index contributed by atoms with van der Waals surface area (Å²) in [6.07, 6.45) is 1.96. The monoisotopic (exact) mass is 430 g/mol. The van der Waals surface area contributed by atoms with Crippen LogP contribution in [0.1, 0.15) is 42.6 Å². The van der Waals surface area contributed by atoms with Crippen LogP contribution in [0.5, 0.6) is 5.75 Å². The molecule has 2 aromatic carbocycles. The number of benzene rings is 2. The van der Waals surface area contributed by atoms with E-state index in [2.05, 4.69) is 50.4 Å². The van der Waals surface area contributed by atoms with E-state index in [1.165, 1.54) is 5.56 Å². The number of likely N-dealkylation sites (tertiary alicyclic amines) is 1. The van der Waals surface area contributed by atoms with E-state index < -0.39 is 0 Å². The fourth-order valence-corrected chi connectivity index (χ4v) is 3.74. The van der Waals surface area contributed by atoms with Crippen LogP contribution >= 0.6 is 15.9 Å². The van der Waals surface area contributed by atoms with Gasteiger partial charge in [-0.1, -0.05) is 46.3 Å². The fraction of sp³-hybridized carbons (Fsp3) is 0.409. The van der Waals surface area contributed by atoms with Crippen molar-refractivity contribution in [1.82, 2.24) is 10.2 Å². The molecule has 0 aliphatic carbocycles. The molecule has 5 heteroatoms. The molecule has 144 valence electrons. The summed E-state index contributed by atoms with van der Waals surface area (Å²) in [4.78, 5) is 15.3. The lowest BCUT2D eigenvalue weighted by atomic mass is 10.0. The number of piperidine rings is 1. The second kappa shape index (κ2) is 9.38. The van der Waals surface area contributed by atoms with Crippen LogP contribution in [0, 0.1) is 0 Å². The van der Waals surface area contributed by atoms with Crippen molar-refractivity contribution in [3.05, 3.63) is 64.1 Å². The van der Waals surface area contributed by atoms with Gasteiger partial charge in [0.1, 0.15) is 5.75 Å². The van der Waals surface area contributed by atoms with Gasteiger partial charge in [-0.2, -0.15) is 0 Å². The van der Waals surface area contributed by atoms with E-state index in [1.54, 1.807) is 0 Å². The van der Waals surface area contributed by atoms with Crippen LogP contribution in [-0.2, 0) is 6.54 Å². The summed E-state index contributed by atoms with van der Waals surface area (Å²) >= 11 is 3.45. The molecule has 0 bridgehead atoms. The third-order valence-corrected chi connectivity index (χ3v) is 5.21. The maximum absolute atomic E-state index is 12.8. The molecule has 1 amide bonds. The highest BCUT2D eigenvalue weighted by Crippen LogP contribution is 2.25. The Balaban J connectivity index is 1.56. The largest absolute Gasteiger partial charge is 0.490 e. The zero-order chi connectivity index (χ0) is 19.2. The number of hydrogen-bond donors (Lipinski definition) is 1. The minimum Gasteiger partial charge on any atom is -0.490 e. The predicted molar refractivity (Wildman–Crippen MR) is 112 cm³/mol. The van der Waals surface area contributed by atoms with Gasteiger partial charge in [0.2, 0.25) is 0 Å². The van der Waals surface area contributed by atoms with Gasteiger partial charge in [0, 0.05) is 30.1 Å². The van der Waals surface area contributed by atoms with Gasteiger partial charge >= 0.3 is 0 Å². The Hall–Kier alpha value is -1.85. The van der Waals surface area contributed by atoms with Crippen LogP contribution in [0.15, 0.2) is 53.0 Å². The molecule has 27 heavy (non-hydrogen) atoms. The van der Waals surface area contributed by atoms with Crippen LogP contribution < -0.4 is 10.1 Å². The van der Waals surface area contributed by atoms with Crippen molar-refractivity contribution in [3.8, 4) is 5.75 Å². The van der Waals surface area contributed by atoms with Gasteiger partial charge < -0.3 is 10.1 Å². The molecule has 3 rings (SSSR count). The zero-order valence-electron chi connectivity index (χ0n) is 16.0. The SMILES string of the molecule is CC(C)Oc1ccc(Br)cc1C(=O)NC1CCN(Cc2ccccc2)CC1. The van der Waals surface area contributed by atoms with Gasteiger partial charge in [0.15, 0.2) is 0 Å². The van der Waals surface area contributed by atoms with E-state index in [9.17, 15) is 4.79 Å². The first-order valence-corrected chi connectivity index (χ1v) is 10.3. The first-order valence-electron chi connectivity index (χ1n) is 9.54. The van der Waals surface area contributed by atoms with Crippen molar-refractivity contribution in [2.75, 3.05) is 13.1 Å². The Labute approximate surface area is 170 Å². The number of nitrogens with zero attached hydrogens (tertiary/aromatic N) is 1. The Kier molecular flexibility index (Phi) is 6.91. The molecular weight excluding hydrogens is 404 g/mol. The predicted octanol–water partition coefficient (Wildman–Crippen LogP) is 4.63. The van der Waals surface area contributed by atoms with Crippen LogP contribution in [0.25, 0.3) is 0 Å². The molecule has 0 spiro atoms. The van der Waals surface area contributed by atoms with Gasteiger partial charge in [0.25, 0.3) is 5.91 Å². The highest BCUT2D eigenvalue weighted by Gasteiger charge is 2.23. The molecule has 1 aliphatic heterocycles. The van der Waals surface area contributed by atoms with E-state index in [-0.39, 0.29) is 18.1 Å². The Morgan fingerprint density at radius 2 is 1.89 bits per heavy atom. The average Bonchev–Trinajstić information content (AvgIpc) is 2.65. The van der Waals surface area contributed by atoms with Gasteiger partial charge in [-0.3, -0.25) is 9.69 Å². The van der Waals surface area contributed by atoms with E-state index in [0.717, 1.165) is 36.9 Å². The van der Waals surface area contributed by atoms with Crippen LogP contribution in [-0.4, -0.2) is 36.0 Å². The molecular formula is C22H27BrN2O2. The van der Waals surface area contributed by atoms with Crippen molar-refractivity contribution in [2.45, 2.75) is 45.4 Å². The van der Waals surface area contributed by atoms with Crippen molar-refractivity contribution in [2.24, 2.45) is 0 Å². The van der Waals surface area contributed by atoms with Crippen LogP contribution in [0.4, 0.5) is 0 Å². The number of hydrogen-bond acceptors (Lipinski definition) is 3. The minimum absolute atomic E-state index is 0.0268. The molecule has 1 saturated heterocycles. The van der Waals surface area contributed by atoms with Crippen molar-refractivity contribution in [1.29, 1.82) is 0 Å². The second-order valence-electron chi connectivity index (χ2n) is 7.32. The average molecular weight is 431 g/mol. The molecule has 4 nitrogen and oxygen atoms in total. The number of carbonyl (C=O) groups excluding carboxylic acids is 1. The standard InChI is InChI=1S/C22H27BrN2O2/c1-16(2)27-21-9-8-18(23)14-20(21)22(26)24-19-10-12-25(13-11-19)15-17-6-4-3-5-7-17/h3-9,14,16,19H,10-13,15H2,1-2H3,(H,24,26). The molecule has 1 N–H and O–H groups in total. The summed E-state index contributed by atoms with van der Waals surface area (Å²) in [6.45, 7) is 6.89. The number of carbonyl (C=O) groups is 1. The Morgan fingerprint density at radius 1 is 1.19 bits per heavy atom. The number of rotatable bonds is 6. The lowest BCUT2D eigenvalue weighted by molar-refractivity contribution is 0.0903. The summed E-state index contributed by atoms with van der Waals surface area (Å²) in [6, 6.07) is 16.3. The van der Waals surface area contributed by atoms with Crippen molar-refractivity contribution < 1.29 is 9.53 Å². The van der Waals surface area contributed by atoms with Crippen LogP contribution in [0.3, 0.4) is 0 Å². The Morgan fingerprint density at radius 3 is 2.56 bits per heavy atom. The van der Waals surface area contributed by atoms with Crippen molar-refractivity contribution >= 4 is 21.8 Å². The molecule has 0 saturated carbocycles. The van der Waals surface area contributed by atoms with Gasteiger partial charge in [-0.25, -0.2) is 0 Å². The van der Waals surface area contributed by atoms with E-state index >= 15 is 0 Å². The van der Waals surface area contributed by atoms with Gasteiger partial charge in [0.05, 0.1) is 11.7 Å². The lowest BCUT2D eigenvalue weighted by Gasteiger charge is -2.32. The Bertz CT molecular complexity index is 756. The van der Waals surface area contributed by atoms with Crippen molar-refractivity contribution in [3.63, 3.8) is 0 Å². The first-order chi connectivity index (χ1) is 13.0. The van der Waals surface area contributed by atoms with Gasteiger partial charge in [-0.15, -0.1) is 0 Å². The lowest BCUT2D eigenvalue weighted by Crippen LogP contribution is -2.44. The summed E-state index contributed by atoms with van der Waals surface area (Å²) in [5.74, 6) is 0.570. The molecule has 0 radical (unpaired) electrons. The summed E-state index contributed by atoms with van der Waals surface area (Å²) < 4.78 is 6.68. The summed E-state index contributed by atoms with van der Waals surface area (Å²) in [7, 11) is 0. The third-order valence-electron chi connectivity index (χ3n) is 4.72. The second-order valence-corrected chi connectivity index (χ2v) is 8.23. The highest BCUT2D eigenvalue weighted by molar-refractivity contribution is 9.10. The normalized spacial score (nSPS) is 15.7. The topological polar surface area (TPSA) is 41.6 Å². The number of halogens is 1.